The van der Waals surface area contributed by atoms with Crippen LogP contribution in [0.2, 0.25) is 0 Å². The van der Waals surface area contributed by atoms with Gasteiger partial charge in [-0.1, -0.05) is 36.4 Å². The zero-order chi connectivity index (χ0) is 32.5. The number of amides is 2. The quantitative estimate of drug-likeness (QED) is 0.159. The molecule has 0 aromatic heterocycles. The van der Waals surface area contributed by atoms with Gasteiger partial charge in [0, 0.05) is 68.2 Å². The highest BCUT2D eigenvalue weighted by atomic mass is 16.7. The summed E-state index contributed by atoms with van der Waals surface area (Å²) in [4.78, 5) is 39.2. The summed E-state index contributed by atoms with van der Waals surface area (Å²) in [5, 5.41) is 25.8. The predicted octanol–water partition coefficient (Wildman–Crippen LogP) is 4.14. The summed E-state index contributed by atoms with van der Waals surface area (Å²) in [6.07, 6.45) is -0.489. The van der Waals surface area contributed by atoms with Crippen molar-refractivity contribution in [2.24, 2.45) is 0 Å². The molecule has 0 spiro atoms. The number of aliphatic hydroxyl groups excluding tert-OH is 1. The van der Waals surface area contributed by atoms with Crippen LogP contribution in [0.5, 0.6) is 0 Å². The van der Waals surface area contributed by atoms with E-state index in [2.05, 4.69) is 20.4 Å². The molecule has 0 saturated carbocycles. The van der Waals surface area contributed by atoms with Gasteiger partial charge in [-0.15, -0.1) is 0 Å². The number of aliphatic hydroxyl groups is 1. The Morgan fingerprint density at radius 3 is 2.41 bits per heavy atom. The lowest BCUT2D eigenvalue weighted by Gasteiger charge is -2.41. The summed E-state index contributed by atoms with van der Waals surface area (Å²) in [7, 11) is 0. The smallest absolute Gasteiger partial charge is 0.325 e. The lowest BCUT2D eigenvalue weighted by atomic mass is 9.99. The largest absolute Gasteiger partial charge is 0.465 e. The number of hydrogen-bond donors (Lipinski definition) is 3. The average Bonchev–Trinajstić information content (AvgIpc) is 3.08. The molecule has 0 aliphatic carbocycles. The molecule has 5 rings (SSSR count). The molecular formula is C33H39N5O8. The molecule has 2 amide bonds. The van der Waals surface area contributed by atoms with E-state index in [9.17, 15) is 24.8 Å². The van der Waals surface area contributed by atoms with Crippen molar-refractivity contribution in [3.8, 4) is 0 Å². The Labute approximate surface area is 267 Å². The van der Waals surface area contributed by atoms with Crippen molar-refractivity contribution in [3.05, 3.63) is 99.6 Å². The molecule has 2 heterocycles. The maximum atomic E-state index is 12.4. The second-order valence-electron chi connectivity index (χ2n) is 11.1. The van der Waals surface area contributed by atoms with E-state index in [0.29, 0.717) is 18.7 Å². The monoisotopic (exact) mass is 633 g/mol. The summed E-state index contributed by atoms with van der Waals surface area (Å²) in [6, 6.07) is 21.0. The number of piperazine rings is 1. The van der Waals surface area contributed by atoms with Crippen LogP contribution in [0.3, 0.4) is 0 Å². The number of nitrogens with zero attached hydrogens (tertiary/aromatic N) is 3. The number of nitro groups is 1. The highest BCUT2D eigenvalue weighted by molar-refractivity contribution is 5.91. The minimum atomic E-state index is -0.702. The maximum absolute atomic E-state index is 12.4. The highest BCUT2D eigenvalue weighted by Gasteiger charge is 2.34. The van der Waals surface area contributed by atoms with Gasteiger partial charge in [-0.25, -0.2) is 4.79 Å². The first kappa shape index (κ1) is 32.8. The van der Waals surface area contributed by atoms with Gasteiger partial charge in [0.15, 0.2) is 6.29 Å². The number of benzene rings is 3. The summed E-state index contributed by atoms with van der Waals surface area (Å²) >= 11 is 0. The number of esters is 1. The van der Waals surface area contributed by atoms with Crippen molar-refractivity contribution >= 4 is 29.1 Å². The van der Waals surface area contributed by atoms with E-state index in [-0.39, 0.29) is 37.7 Å². The molecule has 244 valence electrons. The average molecular weight is 634 g/mol. The van der Waals surface area contributed by atoms with Crippen molar-refractivity contribution in [3.63, 3.8) is 0 Å². The molecule has 3 atom stereocenters. The van der Waals surface area contributed by atoms with Crippen LogP contribution in [0.1, 0.15) is 42.4 Å². The number of rotatable bonds is 11. The summed E-state index contributed by atoms with van der Waals surface area (Å²) in [5.74, 6) is -0.521. The van der Waals surface area contributed by atoms with Gasteiger partial charge < -0.3 is 34.9 Å². The van der Waals surface area contributed by atoms with Crippen LogP contribution in [-0.4, -0.2) is 78.9 Å². The van der Waals surface area contributed by atoms with Gasteiger partial charge in [0.1, 0.15) is 6.54 Å². The van der Waals surface area contributed by atoms with Crippen LogP contribution < -0.4 is 15.5 Å². The zero-order valence-corrected chi connectivity index (χ0v) is 25.7. The molecule has 2 saturated heterocycles. The highest BCUT2D eigenvalue weighted by Crippen LogP contribution is 2.39. The van der Waals surface area contributed by atoms with Gasteiger partial charge >= 0.3 is 12.0 Å². The topological polar surface area (TPSA) is 156 Å². The Morgan fingerprint density at radius 2 is 1.74 bits per heavy atom. The fourth-order valence-corrected chi connectivity index (χ4v) is 5.60. The molecule has 0 radical (unpaired) electrons. The number of carbonyl (C=O) groups is 2. The van der Waals surface area contributed by atoms with Gasteiger partial charge in [0.25, 0.3) is 5.69 Å². The molecule has 46 heavy (non-hydrogen) atoms. The number of hydrogen-bond acceptors (Lipinski definition) is 10. The molecule has 0 bridgehead atoms. The van der Waals surface area contributed by atoms with Crippen molar-refractivity contribution in [2.45, 2.75) is 38.4 Å². The zero-order valence-electron chi connectivity index (χ0n) is 25.7. The molecule has 3 aromatic rings. The Bertz CT molecular complexity index is 1480. The van der Waals surface area contributed by atoms with Crippen LogP contribution in [0.15, 0.2) is 72.8 Å². The molecule has 0 unspecified atom stereocenters. The fourth-order valence-electron chi connectivity index (χ4n) is 5.60. The molecule has 13 heteroatoms. The lowest BCUT2D eigenvalue weighted by Crippen LogP contribution is -2.49. The van der Waals surface area contributed by atoms with Gasteiger partial charge in [-0.2, -0.15) is 0 Å². The minimum Gasteiger partial charge on any atom is -0.465 e. The first-order chi connectivity index (χ1) is 22.3. The van der Waals surface area contributed by atoms with E-state index in [1.54, 1.807) is 37.3 Å². The van der Waals surface area contributed by atoms with Crippen LogP contribution in [0.25, 0.3) is 0 Å². The first-order valence-electron chi connectivity index (χ1n) is 15.3. The number of non-ortho nitro benzene ring substituents is 1. The maximum Gasteiger partial charge on any atom is 0.325 e. The van der Waals surface area contributed by atoms with Crippen LogP contribution in [0.4, 0.5) is 21.9 Å². The standard InChI is InChI=1S/C33H39N5O8/c1-2-44-31(40)20-34-33(41)35-26-5-3-4-25(18-26)32-45-29(19-30(46-32)24-8-6-23(22-39)7-9-24)21-36-14-16-37(17-15-36)27-10-12-28(13-11-27)38(42)43/h3-13,18,29-30,32,39H,2,14-17,19-22H2,1H3,(H2,34,35,41)/t29-,30+,32+/m1/s1. The first-order valence-corrected chi connectivity index (χ1v) is 15.3. The molecular weight excluding hydrogens is 594 g/mol. The molecule has 13 nitrogen and oxygen atoms in total. The Kier molecular flexibility index (Phi) is 11.2. The third kappa shape index (κ3) is 8.79. The van der Waals surface area contributed by atoms with Crippen molar-refractivity contribution in [1.29, 1.82) is 0 Å². The van der Waals surface area contributed by atoms with Crippen LogP contribution >= 0.6 is 0 Å². The molecule has 2 fully saturated rings. The van der Waals surface area contributed by atoms with Crippen LogP contribution in [0, 0.1) is 10.1 Å². The summed E-state index contributed by atoms with van der Waals surface area (Å²) < 4.78 is 17.8. The van der Waals surface area contributed by atoms with Gasteiger partial charge in [-0.05, 0) is 42.3 Å². The van der Waals surface area contributed by atoms with E-state index >= 15 is 0 Å². The number of anilines is 2. The van der Waals surface area contributed by atoms with Crippen molar-refractivity contribution in [2.75, 3.05) is 56.1 Å². The summed E-state index contributed by atoms with van der Waals surface area (Å²) in [5.41, 5.74) is 4.07. The third-order valence-corrected chi connectivity index (χ3v) is 7.99. The van der Waals surface area contributed by atoms with Gasteiger partial charge in [-0.3, -0.25) is 19.8 Å². The number of nitro benzene ring substituents is 1. The van der Waals surface area contributed by atoms with E-state index in [4.69, 9.17) is 14.2 Å². The Morgan fingerprint density at radius 1 is 1.00 bits per heavy atom. The molecule has 3 N–H and O–H groups in total. The van der Waals surface area contributed by atoms with Crippen LogP contribution in [-0.2, 0) is 25.6 Å². The van der Waals surface area contributed by atoms with Crippen molar-refractivity contribution in [1.82, 2.24) is 10.2 Å². The van der Waals surface area contributed by atoms with Gasteiger partial charge in [0.2, 0.25) is 0 Å². The molecule has 2 aliphatic heterocycles. The normalized spacial score (nSPS) is 20.1. The van der Waals surface area contributed by atoms with E-state index in [1.165, 1.54) is 12.1 Å². The van der Waals surface area contributed by atoms with Crippen molar-refractivity contribution < 1.29 is 33.8 Å². The third-order valence-electron chi connectivity index (χ3n) is 7.99. The number of ether oxygens (including phenoxy) is 3. The number of carbonyl (C=O) groups excluding carboxylic acids is 2. The number of urea groups is 1. The molecule has 2 aliphatic rings. The van der Waals surface area contributed by atoms with E-state index < -0.39 is 23.2 Å². The Hall–Kier alpha value is -4.56. The second kappa shape index (κ2) is 15.6. The SMILES string of the molecule is CCOC(=O)CNC(=O)Nc1cccc([C@H]2O[C@@H](CN3CCN(c4ccc([N+](=O)[O-])cc4)CC3)C[C@@H](c3ccc(CO)cc3)O2)c1. The Balaban J connectivity index is 1.25. The minimum absolute atomic E-state index is 0.0425. The second-order valence-corrected chi connectivity index (χ2v) is 11.1. The summed E-state index contributed by atoms with van der Waals surface area (Å²) in [6.45, 7) is 5.50. The number of nitrogens with one attached hydrogen (secondary N) is 2. The lowest BCUT2D eigenvalue weighted by molar-refractivity contribution is -0.384. The van der Waals surface area contributed by atoms with E-state index in [0.717, 1.165) is 48.6 Å². The van der Waals surface area contributed by atoms with Gasteiger partial charge in [0.05, 0.1) is 30.3 Å². The fraction of sp³-hybridized carbons (Fsp3) is 0.394. The van der Waals surface area contributed by atoms with E-state index in [1.807, 2.05) is 30.3 Å². The predicted molar refractivity (Wildman–Crippen MR) is 170 cm³/mol. The molecule has 3 aromatic carbocycles.